The van der Waals surface area contributed by atoms with Gasteiger partial charge in [-0.15, -0.1) is 0 Å². The third-order valence-corrected chi connectivity index (χ3v) is 5.37. The molecule has 0 radical (unpaired) electrons. The van der Waals surface area contributed by atoms with Gasteiger partial charge in [-0.05, 0) is 35.4 Å². The molecule has 1 aliphatic rings. The summed E-state index contributed by atoms with van der Waals surface area (Å²) in [6.07, 6.45) is -7.01. The molecule has 0 aliphatic carbocycles. The Bertz CT molecular complexity index is 925. The Labute approximate surface area is 190 Å². The van der Waals surface area contributed by atoms with Gasteiger partial charge in [-0.3, -0.25) is 4.79 Å². The zero-order valence-corrected chi connectivity index (χ0v) is 18.1. The maximum atomic E-state index is 12.3. The first-order chi connectivity index (χ1) is 15.3. The summed E-state index contributed by atoms with van der Waals surface area (Å²) in [6, 6.07) is 11.9. The number of hydrogen-bond acceptors (Lipinski definition) is 8. The number of hydrogen-bond donors (Lipinski definition) is 5. The molecule has 1 fully saturated rings. The first-order valence-electron chi connectivity index (χ1n) is 10.00. The summed E-state index contributed by atoms with van der Waals surface area (Å²) >= 11 is 6.35. The van der Waals surface area contributed by atoms with E-state index in [1.807, 2.05) is 6.07 Å². The van der Waals surface area contributed by atoms with Crippen LogP contribution in [0.15, 0.2) is 42.5 Å². The molecule has 1 saturated heterocycles. The van der Waals surface area contributed by atoms with Gasteiger partial charge in [-0.1, -0.05) is 29.8 Å². The van der Waals surface area contributed by atoms with Gasteiger partial charge in [0.05, 0.1) is 18.2 Å². The zero-order chi connectivity index (χ0) is 23.3. The fourth-order valence-electron chi connectivity index (χ4n) is 3.27. The number of carbonyl (C=O) groups is 1. The minimum Gasteiger partial charge on any atom is -0.460 e. The second-order valence-corrected chi connectivity index (χ2v) is 7.70. The number of aliphatic hydroxyl groups excluding tert-OH is 4. The van der Waals surface area contributed by atoms with Gasteiger partial charge < -0.3 is 40.0 Å². The highest BCUT2D eigenvalue weighted by atomic mass is 35.5. The van der Waals surface area contributed by atoms with Gasteiger partial charge in [0.25, 0.3) is 5.91 Å². The van der Waals surface area contributed by atoms with Crippen molar-refractivity contribution < 1.29 is 39.4 Å². The molecule has 3 rings (SSSR count). The second-order valence-electron chi connectivity index (χ2n) is 7.29. The topological polar surface area (TPSA) is 138 Å². The van der Waals surface area contributed by atoms with E-state index in [2.05, 4.69) is 5.32 Å². The van der Waals surface area contributed by atoms with Crippen LogP contribution < -0.4 is 10.1 Å². The Morgan fingerprint density at radius 2 is 1.84 bits per heavy atom. The average molecular weight is 468 g/mol. The number of amides is 1. The number of halogens is 1. The van der Waals surface area contributed by atoms with Crippen molar-refractivity contribution in [1.29, 1.82) is 0 Å². The zero-order valence-electron chi connectivity index (χ0n) is 17.3. The van der Waals surface area contributed by atoms with Crippen LogP contribution in [-0.2, 0) is 9.47 Å². The lowest BCUT2D eigenvalue weighted by Crippen LogP contribution is -2.60. The Morgan fingerprint density at radius 1 is 1.09 bits per heavy atom. The minimum absolute atomic E-state index is 0.174. The normalized spacial score (nSPS) is 25.4. The van der Waals surface area contributed by atoms with Crippen LogP contribution in [0.5, 0.6) is 5.75 Å². The van der Waals surface area contributed by atoms with Crippen molar-refractivity contribution in [3.05, 3.63) is 53.1 Å². The van der Waals surface area contributed by atoms with Gasteiger partial charge in [0, 0.05) is 19.2 Å². The summed E-state index contributed by atoms with van der Waals surface area (Å²) in [4.78, 5) is 12.3. The highest BCUT2D eigenvalue weighted by molar-refractivity contribution is 6.32. The number of aliphatic hydroxyl groups is 4. The molecule has 32 heavy (non-hydrogen) atoms. The fraction of sp³-hybridized carbons (Fsp3) is 0.409. The molecule has 0 bridgehead atoms. The van der Waals surface area contributed by atoms with E-state index in [4.69, 9.17) is 25.8 Å². The second kappa shape index (κ2) is 11.1. The van der Waals surface area contributed by atoms with E-state index in [9.17, 15) is 25.2 Å². The lowest BCUT2D eigenvalue weighted by Gasteiger charge is -2.39. The molecule has 1 amide bonds. The third-order valence-electron chi connectivity index (χ3n) is 5.07. The molecule has 5 atom stereocenters. The fourth-order valence-corrected chi connectivity index (χ4v) is 3.50. The highest BCUT2D eigenvalue weighted by Crippen LogP contribution is 2.33. The lowest BCUT2D eigenvalue weighted by molar-refractivity contribution is -0.277. The van der Waals surface area contributed by atoms with E-state index in [0.29, 0.717) is 18.7 Å². The quantitative estimate of drug-likeness (QED) is 0.355. The van der Waals surface area contributed by atoms with E-state index in [1.165, 1.54) is 0 Å². The Balaban J connectivity index is 1.74. The maximum absolute atomic E-state index is 12.3. The van der Waals surface area contributed by atoms with Crippen LogP contribution in [0.2, 0.25) is 5.02 Å². The number of benzene rings is 2. The maximum Gasteiger partial charge on any atom is 0.251 e. The van der Waals surface area contributed by atoms with E-state index < -0.39 is 37.3 Å². The molecule has 0 aromatic heterocycles. The van der Waals surface area contributed by atoms with Gasteiger partial charge in [0.15, 0.2) is 0 Å². The van der Waals surface area contributed by atoms with E-state index >= 15 is 0 Å². The van der Waals surface area contributed by atoms with Gasteiger partial charge in [-0.2, -0.15) is 0 Å². The number of rotatable bonds is 8. The molecular formula is C22H26ClNO8. The highest BCUT2D eigenvalue weighted by Gasteiger charge is 2.44. The number of carbonyl (C=O) groups excluding carboxylic acids is 1. The first kappa shape index (κ1) is 24.4. The van der Waals surface area contributed by atoms with Crippen molar-refractivity contribution >= 4 is 17.5 Å². The minimum atomic E-state index is -1.55. The van der Waals surface area contributed by atoms with Crippen LogP contribution in [0.4, 0.5) is 0 Å². The predicted octanol–water partition coefficient (Wildman–Crippen LogP) is 0.562. The monoisotopic (exact) mass is 467 g/mol. The SMILES string of the molecule is COCCNC(=O)c1cccc(-c2ccc(O[C@H]3O[C@H](CO)[C@@H](O)[C@H](O)[C@@H]3O)c(Cl)c2)c1. The standard InChI is InChI=1S/C22H26ClNO8/c1-30-8-7-24-21(29)14-4-2-3-12(9-14)13-5-6-16(15(23)10-13)31-22-20(28)19(27)18(26)17(11-25)32-22/h2-6,9-10,17-20,22,25-28H,7-8,11H2,1H3,(H,24,29)/t17-,18-,19+,20+,22+/m1/s1. The summed E-state index contributed by atoms with van der Waals surface area (Å²) < 4.78 is 15.9. The van der Waals surface area contributed by atoms with Crippen LogP contribution in [0.3, 0.4) is 0 Å². The van der Waals surface area contributed by atoms with Crippen LogP contribution in [0.25, 0.3) is 11.1 Å². The van der Waals surface area contributed by atoms with Gasteiger partial charge >= 0.3 is 0 Å². The smallest absolute Gasteiger partial charge is 0.251 e. The van der Waals surface area contributed by atoms with Gasteiger partial charge in [-0.25, -0.2) is 0 Å². The average Bonchev–Trinajstić information content (AvgIpc) is 2.80. The predicted molar refractivity (Wildman–Crippen MR) is 115 cm³/mol. The van der Waals surface area contributed by atoms with Crippen molar-refractivity contribution in [2.75, 3.05) is 26.9 Å². The van der Waals surface area contributed by atoms with Crippen molar-refractivity contribution in [3.63, 3.8) is 0 Å². The van der Waals surface area contributed by atoms with Crippen molar-refractivity contribution in [2.24, 2.45) is 0 Å². The Hall–Kier alpha value is -2.24. The summed E-state index contributed by atoms with van der Waals surface area (Å²) in [5.41, 5.74) is 1.96. The largest absolute Gasteiger partial charge is 0.460 e. The molecule has 2 aromatic carbocycles. The van der Waals surface area contributed by atoms with Crippen molar-refractivity contribution in [2.45, 2.75) is 30.7 Å². The lowest BCUT2D eigenvalue weighted by atomic mass is 9.99. The molecule has 0 spiro atoms. The number of methoxy groups -OCH3 is 1. The van der Waals surface area contributed by atoms with Crippen molar-refractivity contribution in [3.8, 4) is 16.9 Å². The summed E-state index contributed by atoms with van der Waals surface area (Å²) in [5, 5.41) is 42.2. The third kappa shape index (κ3) is 5.57. The van der Waals surface area contributed by atoms with Crippen LogP contribution in [-0.4, -0.2) is 83.9 Å². The van der Waals surface area contributed by atoms with Crippen LogP contribution >= 0.6 is 11.6 Å². The summed E-state index contributed by atoms with van der Waals surface area (Å²) in [7, 11) is 1.56. The van der Waals surface area contributed by atoms with Crippen molar-refractivity contribution in [1.82, 2.24) is 5.32 Å². The molecule has 2 aromatic rings. The van der Waals surface area contributed by atoms with Crippen LogP contribution in [0, 0.1) is 0 Å². The molecule has 10 heteroatoms. The van der Waals surface area contributed by atoms with Gasteiger partial charge in [0.1, 0.15) is 30.2 Å². The number of ether oxygens (including phenoxy) is 3. The molecule has 0 saturated carbocycles. The summed E-state index contributed by atoms with van der Waals surface area (Å²) in [5.74, 6) is -0.0502. The molecule has 1 aliphatic heterocycles. The van der Waals surface area contributed by atoms with E-state index in [0.717, 1.165) is 11.1 Å². The number of nitrogens with one attached hydrogen (secondary N) is 1. The van der Waals surface area contributed by atoms with Gasteiger partial charge in [0.2, 0.25) is 6.29 Å². The molecule has 5 N–H and O–H groups in total. The molecular weight excluding hydrogens is 442 g/mol. The summed E-state index contributed by atoms with van der Waals surface area (Å²) in [6.45, 7) is 0.249. The molecule has 9 nitrogen and oxygen atoms in total. The van der Waals surface area contributed by atoms with Crippen LogP contribution in [0.1, 0.15) is 10.4 Å². The molecule has 1 heterocycles. The molecule has 0 unspecified atom stereocenters. The van der Waals surface area contributed by atoms with E-state index in [-0.39, 0.29) is 16.7 Å². The first-order valence-corrected chi connectivity index (χ1v) is 10.4. The van der Waals surface area contributed by atoms with E-state index in [1.54, 1.807) is 43.5 Å². The molecule has 174 valence electrons. The Morgan fingerprint density at radius 3 is 2.53 bits per heavy atom. The Kier molecular flexibility index (Phi) is 8.44.